The van der Waals surface area contributed by atoms with Crippen molar-refractivity contribution in [3.05, 3.63) is 52.2 Å². The fraction of sp³-hybridized carbons (Fsp3) is 0.0833. The van der Waals surface area contributed by atoms with Gasteiger partial charge in [0.05, 0.1) is 4.92 Å². The predicted octanol–water partition coefficient (Wildman–Crippen LogP) is 1.68. The lowest BCUT2D eigenvalue weighted by molar-refractivity contribution is -0.387. The number of nitrogen functional groups attached to an aromatic ring is 1. The highest BCUT2D eigenvalue weighted by molar-refractivity contribution is 7.92. The smallest absolute Gasteiger partial charge is 0.290 e. The summed E-state index contributed by atoms with van der Waals surface area (Å²) in [4.78, 5) is 13.6. The first-order valence-corrected chi connectivity index (χ1v) is 7.28. The average molecular weight is 308 g/mol. The van der Waals surface area contributed by atoms with Crippen LogP contribution in [0.3, 0.4) is 0 Å². The minimum Gasteiger partial charge on any atom is -0.399 e. The van der Waals surface area contributed by atoms with E-state index in [1.54, 1.807) is 19.1 Å². The van der Waals surface area contributed by atoms with Crippen LogP contribution in [-0.2, 0) is 10.0 Å². The van der Waals surface area contributed by atoms with Gasteiger partial charge in [-0.2, -0.15) is 0 Å². The van der Waals surface area contributed by atoms with Crippen molar-refractivity contribution in [1.82, 2.24) is 4.98 Å². The van der Waals surface area contributed by atoms with Crippen LogP contribution >= 0.6 is 0 Å². The summed E-state index contributed by atoms with van der Waals surface area (Å²) < 4.78 is 26.9. The van der Waals surface area contributed by atoms with Crippen molar-refractivity contribution in [1.29, 1.82) is 0 Å². The quantitative estimate of drug-likeness (QED) is 0.502. The highest BCUT2D eigenvalue weighted by Gasteiger charge is 2.26. The van der Waals surface area contributed by atoms with Crippen molar-refractivity contribution in [2.24, 2.45) is 0 Å². The number of hydrogen-bond donors (Lipinski definition) is 2. The van der Waals surface area contributed by atoms with E-state index in [9.17, 15) is 18.5 Å². The molecule has 0 saturated carbocycles. The lowest BCUT2D eigenvalue weighted by Gasteiger charge is -2.10. The number of nitro benzene ring substituents is 1. The van der Waals surface area contributed by atoms with Crippen LogP contribution in [0.4, 0.5) is 17.2 Å². The summed E-state index contributed by atoms with van der Waals surface area (Å²) in [5.41, 5.74) is 5.67. The zero-order chi connectivity index (χ0) is 15.6. The Balaban J connectivity index is 2.52. The van der Waals surface area contributed by atoms with Crippen molar-refractivity contribution in [2.45, 2.75) is 11.8 Å². The molecule has 0 spiro atoms. The number of aromatic nitrogens is 1. The predicted molar refractivity (Wildman–Crippen MR) is 77.3 cm³/mol. The molecule has 0 saturated heterocycles. The van der Waals surface area contributed by atoms with Crippen LogP contribution in [0.1, 0.15) is 5.56 Å². The minimum absolute atomic E-state index is 0.106. The number of hydrogen-bond acceptors (Lipinski definition) is 6. The topological polar surface area (TPSA) is 128 Å². The van der Waals surface area contributed by atoms with Gasteiger partial charge in [-0.15, -0.1) is 0 Å². The molecule has 21 heavy (non-hydrogen) atoms. The van der Waals surface area contributed by atoms with Crippen molar-refractivity contribution in [3.63, 3.8) is 0 Å². The Kier molecular flexibility index (Phi) is 3.76. The molecule has 1 heterocycles. The number of nitrogens with zero attached hydrogens (tertiary/aromatic N) is 2. The van der Waals surface area contributed by atoms with Gasteiger partial charge >= 0.3 is 0 Å². The highest BCUT2D eigenvalue weighted by atomic mass is 32.2. The van der Waals surface area contributed by atoms with Crippen LogP contribution in [0.25, 0.3) is 0 Å². The average Bonchev–Trinajstić information content (AvgIpc) is 2.41. The Labute approximate surface area is 120 Å². The lowest BCUT2D eigenvalue weighted by atomic mass is 10.3. The molecule has 0 aliphatic carbocycles. The van der Waals surface area contributed by atoms with Gasteiger partial charge in [-0.05, 0) is 30.7 Å². The van der Waals surface area contributed by atoms with E-state index in [1.807, 2.05) is 0 Å². The number of pyridine rings is 1. The van der Waals surface area contributed by atoms with E-state index in [-0.39, 0.29) is 11.5 Å². The Morgan fingerprint density at radius 1 is 1.33 bits per heavy atom. The van der Waals surface area contributed by atoms with Gasteiger partial charge in [-0.3, -0.25) is 14.8 Å². The van der Waals surface area contributed by atoms with E-state index in [0.717, 1.165) is 12.1 Å². The van der Waals surface area contributed by atoms with Crippen molar-refractivity contribution < 1.29 is 13.3 Å². The van der Waals surface area contributed by atoms with Crippen LogP contribution in [-0.4, -0.2) is 18.3 Å². The second kappa shape index (κ2) is 5.37. The second-order valence-electron chi connectivity index (χ2n) is 4.26. The van der Waals surface area contributed by atoms with Gasteiger partial charge in [0.1, 0.15) is 5.82 Å². The first-order chi connectivity index (χ1) is 9.81. The fourth-order valence-electron chi connectivity index (χ4n) is 1.67. The summed E-state index contributed by atoms with van der Waals surface area (Å²) in [6.45, 7) is 1.67. The van der Waals surface area contributed by atoms with Gasteiger partial charge in [0.2, 0.25) is 0 Å². The standard InChI is InChI=1S/C12H12N4O4S/c1-8-3-2-6-14-12(8)15-21(19,20)11-7-9(13)4-5-10(11)16(17)18/h2-7H,13H2,1H3,(H,14,15). The summed E-state index contributed by atoms with van der Waals surface area (Å²) in [6, 6.07) is 6.67. The Morgan fingerprint density at radius 3 is 2.67 bits per heavy atom. The molecule has 3 N–H and O–H groups in total. The molecule has 1 aromatic carbocycles. The molecular weight excluding hydrogens is 296 g/mol. The molecule has 0 atom stereocenters. The van der Waals surface area contributed by atoms with Gasteiger partial charge in [-0.25, -0.2) is 13.4 Å². The molecule has 0 aliphatic heterocycles. The molecule has 0 radical (unpaired) electrons. The summed E-state index contributed by atoms with van der Waals surface area (Å²) in [5, 5.41) is 11.0. The molecule has 1 aromatic heterocycles. The molecule has 0 aliphatic rings. The number of anilines is 2. The van der Waals surface area contributed by atoms with Crippen LogP contribution < -0.4 is 10.5 Å². The van der Waals surface area contributed by atoms with Gasteiger partial charge in [0, 0.05) is 18.0 Å². The molecule has 2 aromatic rings. The number of nitrogens with two attached hydrogens (primary N) is 1. The number of nitrogens with one attached hydrogen (secondary N) is 1. The molecule has 0 amide bonds. The molecule has 2 rings (SSSR count). The third-order valence-corrected chi connectivity index (χ3v) is 4.08. The van der Waals surface area contributed by atoms with Crippen molar-refractivity contribution >= 4 is 27.2 Å². The van der Waals surface area contributed by atoms with E-state index >= 15 is 0 Å². The molecule has 110 valence electrons. The second-order valence-corrected chi connectivity index (χ2v) is 5.91. The Bertz CT molecular complexity index is 805. The van der Waals surface area contributed by atoms with Gasteiger partial charge in [-0.1, -0.05) is 6.07 Å². The Hall–Kier alpha value is -2.68. The first-order valence-electron chi connectivity index (χ1n) is 5.79. The number of nitro groups is 1. The number of benzene rings is 1. The Morgan fingerprint density at radius 2 is 2.05 bits per heavy atom. The number of aryl methyl sites for hydroxylation is 1. The molecule has 9 heteroatoms. The van der Waals surface area contributed by atoms with Crippen molar-refractivity contribution in [3.8, 4) is 0 Å². The molecule has 0 fully saturated rings. The SMILES string of the molecule is Cc1cccnc1NS(=O)(=O)c1cc(N)ccc1[N+](=O)[O-]. The molecule has 0 bridgehead atoms. The van der Waals surface area contributed by atoms with Crippen LogP contribution in [0, 0.1) is 17.0 Å². The normalized spacial score (nSPS) is 11.1. The van der Waals surface area contributed by atoms with Gasteiger partial charge in [0.25, 0.3) is 15.7 Å². The van der Waals surface area contributed by atoms with E-state index in [4.69, 9.17) is 5.73 Å². The number of sulfonamides is 1. The van der Waals surface area contributed by atoms with E-state index < -0.39 is 25.5 Å². The van der Waals surface area contributed by atoms with Crippen LogP contribution in [0.5, 0.6) is 0 Å². The summed E-state index contributed by atoms with van der Waals surface area (Å²) in [7, 11) is -4.17. The molecular formula is C12H12N4O4S. The molecule has 8 nitrogen and oxygen atoms in total. The highest BCUT2D eigenvalue weighted by Crippen LogP contribution is 2.27. The van der Waals surface area contributed by atoms with Gasteiger partial charge < -0.3 is 5.73 Å². The minimum atomic E-state index is -4.17. The maximum Gasteiger partial charge on any atom is 0.290 e. The van der Waals surface area contributed by atoms with Crippen molar-refractivity contribution in [2.75, 3.05) is 10.5 Å². The maximum absolute atomic E-state index is 12.3. The monoisotopic (exact) mass is 308 g/mol. The fourth-order valence-corrected chi connectivity index (χ4v) is 2.96. The number of rotatable bonds is 4. The molecule has 0 unspecified atom stereocenters. The summed E-state index contributed by atoms with van der Waals surface area (Å²) in [6.07, 6.45) is 1.42. The summed E-state index contributed by atoms with van der Waals surface area (Å²) >= 11 is 0. The van der Waals surface area contributed by atoms with Gasteiger partial charge in [0.15, 0.2) is 4.90 Å². The zero-order valence-corrected chi connectivity index (χ0v) is 11.8. The first kappa shape index (κ1) is 14.7. The summed E-state index contributed by atoms with van der Waals surface area (Å²) in [5.74, 6) is 0.106. The van der Waals surface area contributed by atoms with Crippen LogP contribution in [0.15, 0.2) is 41.4 Å². The third kappa shape index (κ3) is 3.08. The van der Waals surface area contributed by atoms with E-state index in [0.29, 0.717) is 5.56 Å². The van der Waals surface area contributed by atoms with Crippen LogP contribution in [0.2, 0.25) is 0 Å². The third-order valence-electron chi connectivity index (χ3n) is 2.71. The lowest BCUT2D eigenvalue weighted by Crippen LogP contribution is -2.16. The van der Waals surface area contributed by atoms with E-state index in [2.05, 4.69) is 9.71 Å². The zero-order valence-electron chi connectivity index (χ0n) is 11.0. The maximum atomic E-state index is 12.3. The van der Waals surface area contributed by atoms with E-state index in [1.165, 1.54) is 12.3 Å². The largest absolute Gasteiger partial charge is 0.399 e.